The van der Waals surface area contributed by atoms with Gasteiger partial charge in [-0.25, -0.2) is 4.98 Å². The van der Waals surface area contributed by atoms with E-state index in [0.29, 0.717) is 25.2 Å². The summed E-state index contributed by atoms with van der Waals surface area (Å²) in [5, 5.41) is 2.96. The zero-order chi connectivity index (χ0) is 23.1. The SMILES string of the molecule is CCn1c(C(=O)NCCCCN2CCc3nc(OCC(F)(F)F)sc3CC2)cccc1=O. The van der Waals surface area contributed by atoms with E-state index >= 15 is 0 Å². The first kappa shape index (κ1) is 24.2. The van der Waals surface area contributed by atoms with Gasteiger partial charge < -0.3 is 19.5 Å². The van der Waals surface area contributed by atoms with Crippen LogP contribution in [-0.2, 0) is 19.4 Å². The van der Waals surface area contributed by atoms with E-state index in [4.69, 9.17) is 4.74 Å². The topological polar surface area (TPSA) is 76.5 Å². The Kier molecular flexibility index (Phi) is 8.30. The molecule has 7 nitrogen and oxygen atoms in total. The van der Waals surface area contributed by atoms with Crippen LogP contribution in [0.2, 0.25) is 0 Å². The fourth-order valence-electron chi connectivity index (χ4n) is 3.61. The number of alkyl halides is 3. The van der Waals surface area contributed by atoms with E-state index in [1.165, 1.54) is 22.0 Å². The maximum atomic E-state index is 12.4. The number of nitrogens with zero attached hydrogens (tertiary/aromatic N) is 3. The van der Waals surface area contributed by atoms with Crippen LogP contribution in [-0.4, -0.2) is 59.3 Å². The Morgan fingerprint density at radius 3 is 2.78 bits per heavy atom. The summed E-state index contributed by atoms with van der Waals surface area (Å²) in [6.45, 7) is 3.93. The molecule has 0 saturated carbocycles. The van der Waals surface area contributed by atoms with Crippen molar-refractivity contribution in [3.8, 4) is 5.19 Å². The Morgan fingerprint density at radius 2 is 2.03 bits per heavy atom. The van der Waals surface area contributed by atoms with E-state index in [9.17, 15) is 22.8 Å². The quantitative estimate of drug-likeness (QED) is 0.568. The van der Waals surface area contributed by atoms with Gasteiger partial charge in [0.2, 0.25) is 0 Å². The van der Waals surface area contributed by atoms with Gasteiger partial charge in [0.05, 0.1) is 5.69 Å². The van der Waals surface area contributed by atoms with Crippen molar-refractivity contribution < 1.29 is 22.7 Å². The van der Waals surface area contributed by atoms with Gasteiger partial charge in [-0.3, -0.25) is 9.59 Å². The number of aromatic nitrogens is 2. The molecular formula is C21H27F3N4O3S. The minimum Gasteiger partial charge on any atom is -0.460 e. The van der Waals surface area contributed by atoms with Crippen molar-refractivity contribution in [3.05, 3.63) is 44.8 Å². The zero-order valence-corrected chi connectivity index (χ0v) is 18.7. The van der Waals surface area contributed by atoms with Crippen LogP contribution in [0.15, 0.2) is 23.0 Å². The van der Waals surface area contributed by atoms with E-state index in [2.05, 4.69) is 15.2 Å². The minimum absolute atomic E-state index is 0.0865. The van der Waals surface area contributed by atoms with Gasteiger partial charge in [0.15, 0.2) is 6.61 Å². The molecular weight excluding hydrogens is 445 g/mol. The molecule has 1 aliphatic rings. The first-order valence-electron chi connectivity index (χ1n) is 10.7. The summed E-state index contributed by atoms with van der Waals surface area (Å²) in [6.07, 6.45) is -1.24. The summed E-state index contributed by atoms with van der Waals surface area (Å²) in [7, 11) is 0. The second-order valence-electron chi connectivity index (χ2n) is 7.55. The molecule has 3 heterocycles. The third-order valence-corrected chi connectivity index (χ3v) is 6.29. The largest absolute Gasteiger partial charge is 0.460 e. The van der Waals surface area contributed by atoms with E-state index in [1.54, 1.807) is 12.1 Å². The van der Waals surface area contributed by atoms with Gasteiger partial charge in [-0.05, 0) is 38.8 Å². The van der Waals surface area contributed by atoms with Crippen molar-refractivity contribution in [2.45, 2.75) is 45.3 Å². The number of thiazole rings is 1. The minimum atomic E-state index is -4.36. The lowest BCUT2D eigenvalue weighted by Crippen LogP contribution is -2.32. The maximum absolute atomic E-state index is 12.4. The van der Waals surface area contributed by atoms with Crippen LogP contribution < -0.4 is 15.6 Å². The number of nitrogens with one attached hydrogen (secondary N) is 1. The van der Waals surface area contributed by atoms with Crippen molar-refractivity contribution in [2.75, 3.05) is 32.8 Å². The van der Waals surface area contributed by atoms with Crippen molar-refractivity contribution in [1.29, 1.82) is 0 Å². The lowest BCUT2D eigenvalue weighted by molar-refractivity contribution is -0.153. The van der Waals surface area contributed by atoms with Gasteiger partial charge in [-0.2, -0.15) is 13.2 Å². The number of pyridine rings is 1. The smallest absolute Gasteiger partial charge is 0.422 e. The molecule has 0 spiro atoms. The highest BCUT2D eigenvalue weighted by atomic mass is 32.1. The molecule has 0 atom stereocenters. The number of hydrogen-bond donors (Lipinski definition) is 1. The first-order valence-corrected chi connectivity index (χ1v) is 11.5. The highest BCUT2D eigenvalue weighted by Gasteiger charge is 2.29. The number of hydrogen-bond acceptors (Lipinski definition) is 6. The number of rotatable bonds is 9. The molecule has 0 unspecified atom stereocenters. The van der Waals surface area contributed by atoms with Crippen LogP contribution in [0.3, 0.4) is 0 Å². The number of amides is 1. The molecule has 0 bridgehead atoms. The van der Waals surface area contributed by atoms with Gasteiger partial charge in [0, 0.05) is 43.5 Å². The summed E-state index contributed by atoms with van der Waals surface area (Å²) in [6, 6.07) is 4.66. The monoisotopic (exact) mass is 472 g/mol. The fourth-order valence-corrected chi connectivity index (χ4v) is 4.56. The molecule has 3 rings (SSSR count). The van der Waals surface area contributed by atoms with Gasteiger partial charge >= 0.3 is 6.18 Å². The summed E-state index contributed by atoms with van der Waals surface area (Å²) in [4.78, 5) is 31.7. The Labute approximate surface area is 188 Å². The molecule has 1 N–H and O–H groups in total. The number of fused-ring (bicyclic) bond motifs is 1. The van der Waals surface area contributed by atoms with E-state index in [1.807, 2.05) is 6.92 Å². The van der Waals surface area contributed by atoms with Gasteiger partial charge in [0.25, 0.3) is 16.7 Å². The molecule has 32 heavy (non-hydrogen) atoms. The molecule has 176 valence electrons. The van der Waals surface area contributed by atoms with E-state index in [0.717, 1.165) is 49.5 Å². The van der Waals surface area contributed by atoms with Gasteiger partial charge in [-0.15, -0.1) is 0 Å². The predicted molar refractivity (Wildman–Crippen MR) is 115 cm³/mol. The standard InChI is InChI=1S/C21H27F3N4O3S/c1-2-28-16(6-5-7-18(28)29)19(30)25-10-3-4-11-27-12-8-15-17(9-13-27)32-20(26-15)31-14-21(22,23)24/h5-7H,2-4,8-14H2,1H3,(H,25,30). The van der Waals surface area contributed by atoms with Crippen molar-refractivity contribution in [2.24, 2.45) is 0 Å². The molecule has 1 aliphatic heterocycles. The average molecular weight is 473 g/mol. The Bertz CT molecular complexity index is 948. The molecule has 0 fully saturated rings. The number of unbranched alkanes of at least 4 members (excludes halogenated alkanes) is 1. The van der Waals surface area contributed by atoms with Crippen LogP contribution in [0.5, 0.6) is 5.19 Å². The fraction of sp³-hybridized carbons (Fsp3) is 0.571. The number of halogens is 3. The van der Waals surface area contributed by atoms with Crippen LogP contribution in [0.25, 0.3) is 0 Å². The molecule has 11 heteroatoms. The Hall–Kier alpha value is -2.40. The lowest BCUT2D eigenvalue weighted by atomic mass is 10.2. The lowest BCUT2D eigenvalue weighted by Gasteiger charge is -2.19. The highest BCUT2D eigenvalue weighted by Crippen LogP contribution is 2.29. The van der Waals surface area contributed by atoms with Crippen LogP contribution >= 0.6 is 11.3 Å². The van der Waals surface area contributed by atoms with E-state index in [-0.39, 0.29) is 16.7 Å². The second-order valence-corrected chi connectivity index (χ2v) is 8.60. The number of carbonyl (C=O) groups excluding carboxylic acids is 1. The molecule has 2 aromatic heterocycles. The Morgan fingerprint density at radius 1 is 1.25 bits per heavy atom. The highest BCUT2D eigenvalue weighted by molar-refractivity contribution is 7.13. The Balaban J connectivity index is 1.37. The summed E-state index contributed by atoms with van der Waals surface area (Å²) >= 11 is 1.20. The van der Waals surface area contributed by atoms with E-state index < -0.39 is 12.8 Å². The van der Waals surface area contributed by atoms with Crippen molar-refractivity contribution >= 4 is 17.2 Å². The molecule has 0 saturated heterocycles. The van der Waals surface area contributed by atoms with Gasteiger partial charge in [-0.1, -0.05) is 17.4 Å². The third kappa shape index (κ3) is 6.80. The maximum Gasteiger partial charge on any atom is 0.422 e. The molecule has 0 radical (unpaired) electrons. The second kappa shape index (κ2) is 11.0. The number of ether oxygens (including phenoxy) is 1. The first-order chi connectivity index (χ1) is 15.3. The molecule has 1 amide bonds. The van der Waals surface area contributed by atoms with Gasteiger partial charge in [0.1, 0.15) is 5.69 Å². The molecule has 0 aliphatic carbocycles. The van der Waals surface area contributed by atoms with Crippen LogP contribution in [0, 0.1) is 0 Å². The van der Waals surface area contributed by atoms with Crippen LogP contribution in [0.1, 0.15) is 40.8 Å². The van der Waals surface area contributed by atoms with Crippen molar-refractivity contribution in [3.63, 3.8) is 0 Å². The molecule has 2 aromatic rings. The van der Waals surface area contributed by atoms with Crippen LogP contribution in [0.4, 0.5) is 13.2 Å². The summed E-state index contributed by atoms with van der Waals surface area (Å²) in [5.74, 6) is -0.251. The third-order valence-electron chi connectivity index (χ3n) is 5.22. The normalized spacial score (nSPS) is 14.6. The number of carbonyl (C=O) groups is 1. The summed E-state index contributed by atoms with van der Waals surface area (Å²) < 4.78 is 43.1. The predicted octanol–water partition coefficient (Wildman–Crippen LogP) is 2.88. The summed E-state index contributed by atoms with van der Waals surface area (Å²) in [5.41, 5.74) is 1.000. The molecule has 0 aromatic carbocycles. The average Bonchev–Trinajstić information content (AvgIpc) is 3.05. The zero-order valence-electron chi connectivity index (χ0n) is 17.9. The van der Waals surface area contributed by atoms with Crippen molar-refractivity contribution in [1.82, 2.24) is 19.8 Å².